The zero-order chi connectivity index (χ0) is 8.97. The summed E-state index contributed by atoms with van der Waals surface area (Å²) in [4.78, 5) is 0. The van der Waals surface area contributed by atoms with E-state index in [2.05, 4.69) is 10.2 Å². The molecule has 66 valence electrons. The van der Waals surface area contributed by atoms with Gasteiger partial charge in [-0.1, -0.05) is 11.6 Å². The Balaban J connectivity index is 2.69. The van der Waals surface area contributed by atoms with Crippen molar-refractivity contribution in [3.05, 3.63) is 16.8 Å². The van der Waals surface area contributed by atoms with Crippen LogP contribution in [0.25, 0.3) is 0 Å². The molecule has 0 bridgehead atoms. The summed E-state index contributed by atoms with van der Waals surface area (Å²) in [7, 11) is 1.63. The number of nitrogen functional groups attached to an aromatic ring is 1. The molecule has 0 radical (unpaired) electrons. The maximum Gasteiger partial charge on any atom is 0.164 e. The van der Waals surface area contributed by atoms with Crippen LogP contribution in [-0.4, -0.2) is 23.9 Å². The minimum atomic E-state index is 0.262. The molecular weight excluding hydrogens is 178 g/mol. The van der Waals surface area contributed by atoms with E-state index in [0.717, 1.165) is 5.69 Å². The van der Waals surface area contributed by atoms with E-state index in [0.29, 0.717) is 18.1 Å². The summed E-state index contributed by atoms with van der Waals surface area (Å²) in [5.41, 5.74) is 6.17. The highest BCUT2D eigenvalue weighted by Crippen LogP contribution is 2.14. The van der Waals surface area contributed by atoms with Crippen LogP contribution in [0.2, 0.25) is 5.02 Å². The van der Waals surface area contributed by atoms with Gasteiger partial charge in [-0.3, -0.25) is 0 Å². The first-order valence-corrected chi connectivity index (χ1v) is 3.88. The lowest BCUT2D eigenvalue weighted by atomic mass is 10.3. The van der Waals surface area contributed by atoms with Gasteiger partial charge in [0.2, 0.25) is 0 Å². The molecule has 0 unspecified atom stereocenters. The Labute approximate surface area is 75.7 Å². The van der Waals surface area contributed by atoms with Crippen molar-refractivity contribution in [2.24, 2.45) is 0 Å². The van der Waals surface area contributed by atoms with Gasteiger partial charge in [0, 0.05) is 13.5 Å². The molecule has 1 heterocycles. The molecule has 1 rings (SSSR count). The summed E-state index contributed by atoms with van der Waals surface area (Å²) in [6.45, 7) is 0.606. The molecule has 0 aliphatic heterocycles. The van der Waals surface area contributed by atoms with Crippen molar-refractivity contribution < 1.29 is 4.74 Å². The van der Waals surface area contributed by atoms with Gasteiger partial charge in [-0.05, 0) is 6.07 Å². The third kappa shape index (κ3) is 2.32. The van der Waals surface area contributed by atoms with Gasteiger partial charge in [-0.15, -0.1) is 5.10 Å². The molecule has 0 saturated carbocycles. The van der Waals surface area contributed by atoms with E-state index in [4.69, 9.17) is 22.1 Å². The van der Waals surface area contributed by atoms with Crippen molar-refractivity contribution in [3.63, 3.8) is 0 Å². The van der Waals surface area contributed by atoms with Gasteiger partial charge < -0.3 is 10.5 Å². The van der Waals surface area contributed by atoms with E-state index in [1.807, 2.05) is 0 Å². The summed E-state index contributed by atoms with van der Waals surface area (Å²) >= 11 is 5.72. The van der Waals surface area contributed by atoms with Crippen LogP contribution in [-0.2, 0) is 11.2 Å². The van der Waals surface area contributed by atoms with Crippen molar-refractivity contribution in [1.82, 2.24) is 10.2 Å². The highest BCUT2D eigenvalue weighted by atomic mass is 35.5. The fourth-order valence-electron chi connectivity index (χ4n) is 0.744. The molecule has 12 heavy (non-hydrogen) atoms. The zero-order valence-electron chi connectivity index (χ0n) is 6.75. The molecule has 0 aliphatic carbocycles. The lowest BCUT2D eigenvalue weighted by Gasteiger charge is -2.00. The first-order chi connectivity index (χ1) is 5.74. The van der Waals surface area contributed by atoms with Gasteiger partial charge in [0.05, 0.1) is 17.3 Å². The van der Waals surface area contributed by atoms with Crippen LogP contribution in [0.5, 0.6) is 0 Å². The molecule has 0 fully saturated rings. The van der Waals surface area contributed by atoms with Crippen LogP contribution in [0.4, 0.5) is 5.82 Å². The highest BCUT2D eigenvalue weighted by Gasteiger charge is 2.00. The van der Waals surface area contributed by atoms with E-state index in [9.17, 15) is 0 Å². The maximum atomic E-state index is 5.72. The molecule has 5 heteroatoms. The molecule has 1 aromatic heterocycles. The average Bonchev–Trinajstić information content (AvgIpc) is 2.07. The Morgan fingerprint density at radius 1 is 1.58 bits per heavy atom. The third-order valence-corrected chi connectivity index (χ3v) is 1.69. The SMILES string of the molecule is COCCc1cc(Cl)c(N)nn1. The molecular formula is C7H10ClN3O. The number of nitrogens with two attached hydrogens (primary N) is 1. The summed E-state index contributed by atoms with van der Waals surface area (Å²) in [6.07, 6.45) is 0.698. The van der Waals surface area contributed by atoms with Gasteiger partial charge in [-0.25, -0.2) is 0 Å². The van der Waals surface area contributed by atoms with Crippen molar-refractivity contribution in [1.29, 1.82) is 0 Å². The van der Waals surface area contributed by atoms with Crippen molar-refractivity contribution in [2.45, 2.75) is 6.42 Å². The summed E-state index contributed by atoms with van der Waals surface area (Å²) in [5.74, 6) is 0.262. The largest absolute Gasteiger partial charge is 0.384 e. The molecule has 0 spiro atoms. The van der Waals surface area contributed by atoms with E-state index in [-0.39, 0.29) is 5.82 Å². The second-order valence-corrected chi connectivity index (χ2v) is 2.72. The Hall–Kier alpha value is -0.870. The minimum Gasteiger partial charge on any atom is -0.384 e. The summed E-state index contributed by atoms with van der Waals surface area (Å²) < 4.78 is 4.87. The molecule has 0 amide bonds. The first-order valence-electron chi connectivity index (χ1n) is 3.50. The minimum absolute atomic E-state index is 0.262. The molecule has 0 aliphatic rings. The normalized spacial score (nSPS) is 10.2. The van der Waals surface area contributed by atoms with Crippen LogP contribution in [0.3, 0.4) is 0 Å². The third-order valence-electron chi connectivity index (χ3n) is 1.39. The first kappa shape index (κ1) is 9.22. The molecule has 1 aromatic rings. The zero-order valence-corrected chi connectivity index (χ0v) is 7.51. The number of rotatable bonds is 3. The Morgan fingerprint density at radius 2 is 2.33 bits per heavy atom. The Bertz CT molecular complexity index is 267. The van der Waals surface area contributed by atoms with Gasteiger partial charge in [0.25, 0.3) is 0 Å². The number of aromatic nitrogens is 2. The van der Waals surface area contributed by atoms with Gasteiger partial charge in [0.1, 0.15) is 0 Å². The fourth-order valence-corrected chi connectivity index (χ4v) is 0.907. The number of nitrogens with zero attached hydrogens (tertiary/aromatic N) is 2. The fraction of sp³-hybridized carbons (Fsp3) is 0.429. The number of halogens is 1. The van der Waals surface area contributed by atoms with Crippen LogP contribution in [0.1, 0.15) is 5.69 Å². The molecule has 0 atom stereocenters. The highest BCUT2D eigenvalue weighted by molar-refractivity contribution is 6.32. The molecule has 0 saturated heterocycles. The predicted molar refractivity (Wildman–Crippen MR) is 47.0 cm³/mol. The number of hydrogen-bond acceptors (Lipinski definition) is 4. The number of methoxy groups -OCH3 is 1. The quantitative estimate of drug-likeness (QED) is 0.764. The average molecular weight is 188 g/mol. The predicted octanol–water partition coefficient (Wildman–Crippen LogP) is 0.901. The second kappa shape index (κ2) is 4.23. The summed E-state index contributed by atoms with van der Waals surface area (Å²) in [6, 6.07) is 1.70. The van der Waals surface area contributed by atoms with Crippen LogP contribution < -0.4 is 5.73 Å². The number of anilines is 1. The van der Waals surface area contributed by atoms with Crippen LogP contribution in [0.15, 0.2) is 6.07 Å². The maximum absolute atomic E-state index is 5.72. The smallest absolute Gasteiger partial charge is 0.164 e. The van der Waals surface area contributed by atoms with E-state index in [1.54, 1.807) is 13.2 Å². The van der Waals surface area contributed by atoms with Crippen molar-refractivity contribution in [3.8, 4) is 0 Å². The topological polar surface area (TPSA) is 61.0 Å². The second-order valence-electron chi connectivity index (χ2n) is 2.31. The van der Waals surface area contributed by atoms with Crippen LogP contribution >= 0.6 is 11.6 Å². The standard InChI is InChI=1S/C7H10ClN3O/c1-12-3-2-5-4-6(8)7(9)11-10-5/h4H,2-3H2,1H3,(H2,9,11). The van der Waals surface area contributed by atoms with E-state index in [1.165, 1.54) is 0 Å². The lowest BCUT2D eigenvalue weighted by Crippen LogP contribution is -2.01. The van der Waals surface area contributed by atoms with Crippen LogP contribution in [0, 0.1) is 0 Å². The summed E-state index contributed by atoms with van der Waals surface area (Å²) in [5, 5.41) is 7.95. The molecule has 0 aromatic carbocycles. The van der Waals surface area contributed by atoms with Crippen molar-refractivity contribution >= 4 is 17.4 Å². The van der Waals surface area contributed by atoms with Gasteiger partial charge >= 0.3 is 0 Å². The number of ether oxygens (including phenoxy) is 1. The Kier molecular flexibility index (Phi) is 3.25. The van der Waals surface area contributed by atoms with E-state index >= 15 is 0 Å². The van der Waals surface area contributed by atoms with Gasteiger partial charge in [0.15, 0.2) is 5.82 Å². The number of hydrogen-bond donors (Lipinski definition) is 1. The van der Waals surface area contributed by atoms with Gasteiger partial charge in [-0.2, -0.15) is 5.10 Å². The van der Waals surface area contributed by atoms with Crippen molar-refractivity contribution in [2.75, 3.05) is 19.5 Å². The monoisotopic (exact) mass is 187 g/mol. The molecule has 2 N–H and O–H groups in total. The van der Waals surface area contributed by atoms with E-state index < -0.39 is 0 Å². The molecule has 4 nitrogen and oxygen atoms in total. The lowest BCUT2D eigenvalue weighted by molar-refractivity contribution is 0.201. The Morgan fingerprint density at radius 3 is 2.92 bits per heavy atom.